The molecule has 5 rings (SSSR count). The van der Waals surface area contributed by atoms with Gasteiger partial charge in [-0.1, -0.05) is 32.9 Å². The van der Waals surface area contributed by atoms with Crippen molar-refractivity contribution >= 4 is 21.7 Å². The zero-order valence-corrected chi connectivity index (χ0v) is 24.7. The number of nitrogens with zero attached hydrogens (tertiary/aromatic N) is 2. The van der Waals surface area contributed by atoms with Gasteiger partial charge in [0, 0.05) is 25.9 Å². The van der Waals surface area contributed by atoms with Gasteiger partial charge >= 0.3 is 0 Å². The predicted octanol–water partition coefficient (Wildman–Crippen LogP) is 4.36. The van der Waals surface area contributed by atoms with Gasteiger partial charge in [-0.05, 0) is 80.2 Å². The third-order valence-corrected chi connectivity index (χ3v) is 9.65. The second-order valence-electron chi connectivity index (χ2n) is 12.7. The Morgan fingerprint density at radius 2 is 1.80 bits per heavy atom. The summed E-state index contributed by atoms with van der Waals surface area (Å²) in [6.45, 7) is 9.77. The number of sulfonamides is 1. The van der Waals surface area contributed by atoms with E-state index in [0.717, 1.165) is 31.2 Å². The first kappa shape index (κ1) is 28.7. The Morgan fingerprint density at radius 1 is 1.07 bits per heavy atom. The highest BCUT2D eigenvalue weighted by molar-refractivity contribution is 7.90. The molecule has 0 bridgehead atoms. The number of hydrogen-bond donors (Lipinski definition) is 2. The molecule has 1 aliphatic heterocycles. The Bertz CT molecular complexity index is 1340. The second-order valence-corrected chi connectivity index (χ2v) is 14.3. The Balaban J connectivity index is 1.27. The van der Waals surface area contributed by atoms with Crippen LogP contribution in [-0.2, 0) is 14.8 Å². The number of amides is 1. The Labute approximate surface area is 237 Å². The molecule has 2 N–H and O–H groups in total. The Hall–Kier alpha value is -2.85. The van der Waals surface area contributed by atoms with Crippen LogP contribution in [-0.4, -0.2) is 55.3 Å². The summed E-state index contributed by atoms with van der Waals surface area (Å²) in [5.41, 5.74) is -0.0435. The molecule has 0 unspecified atom stereocenters. The van der Waals surface area contributed by atoms with Crippen LogP contribution in [0, 0.1) is 18.3 Å². The lowest BCUT2D eigenvalue weighted by Gasteiger charge is -2.37. The lowest BCUT2D eigenvalue weighted by molar-refractivity contribution is -0.128. The molecule has 2 aliphatic carbocycles. The van der Waals surface area contributed by atoms with Crippen LogP contribution in [0.1, 0.15) is 71.3 Å². The number of carbonyl (C=O) groups excluding carboxylic acids is 1. The van der Waals surface area contributed by atoms with Gasteiger partial charge in [-0.2, -0.15) is 8.42 Å². The van der Waals surface area contributed by atoms with E-state index in [-0.39, 0.29) is 16.5 Å². The largest absolute Gasteiger partial charge is 0.487 e. The minimum atomic E-state index is -4.23. The summed E-state index contributed by atoms with van der Waals surface area (Å²) in [4.78, 5) is 19.4. The lowest BCUT2D eigenvalue weighted by atomic mass is 9.72. The number of pyridine rings is 1. The molecule has 10 heteroatoms. The predicted molar refractivity (Wildman–Crippen MR) is 152 cm³/mol. The summed E-state index contributed by atoms with van der Waals surface area (Å²) < 4.78 is 41.1. The third kappa shape index (κ3) is 6.38. The SMILES string of the molecule is Cc1ccc(OC2CCC(C(C)(C)C)CC2)c(OC2(C(=O)NS(=O)(=O)c3cccc(N4CC[C@H](O)C4)n3)CC2)c1. The van der Waals surface area contributed by atoms with Gasteiger partial charge in [0.1, 0.15) is 5.82 Å². The zero-order valence-electron chi connectivity index (χ0n) is 23.9. The molecule has 2 heterocycles. The number of aromatic nitrogens is 1. The van der Waals surface area contributed by atoms with E-state index in [9.17, 15) is 18.3 Å². The lowest BCUT2D eigenvalue weighted by Crippen LogP contribution is -2.43. The average molecular weight is 572 g/mol. The van der Waals surface area contributed by atoms with Crippen molar-refractivity contribution in [2.45, 2.75) is 95.5 Å². The van der Waals surface area contributed by atoms with Gasteiger partial charge in [-0.3, -0.25) is 4.79 Å². The molecule has 1 saturated heterocycles. The molecule has 3 fully saturated rings. The molecule has 1 aromatic carbocycles. The van der Waals surface area contributed by atoms with E-state index in [0.29, 0.717) is 55.6 Å². The number of aliphatic hydroxyl groups is 1. The standard InChI is InChI=1S/C30H41N3O6S/c1-20-8-13-24(38-23-11-9-21(10-12-23)29(2,3)4)25(18-20)39-30(15-16-30)28(35)32-40(36,37)27-7-5-6-26(31-27)33-17-14-22(34)19-33/h5-8,13,18,21-23,34H,9-12,14-17,19H2,1-4H3,(H,32,35)/t21?,22-,23?/m0/s1. The second kappa shape index (κ2) is 10.9. The fourth-order valence-corrected chi connectivity index (χ4v) is 6.67. The van der Waals surface area contributed by atoms with E-state index >= 15 is 0 Å². The maximum Gasteiger partial charge on any atom is 0.281 e. The van der Waals surface area contributed by atoms with E-state index in [1.54, 1.807) is 12.1 Å². The van der Waals surface area contributed by atoms with E-state index in [1.165, 1.54) is 6.07 Å². The van der Waals surface area contributed by atoms with Crippen molar-refractivity contribution in [3.63, 3.8) is 0 Å². The first-order valence-corrected chi connectivity index (χ1v) is 15.8. The summed E-state index contributed by atoms with van der Waals surface area (Å²) in [6.07, 6.45) is 5.13. The molecule has 1 aromatic heterocycles. The Morgan fingerprint density at radius 3 is 2.42 bits per heavy atom. The molecule has 3 aliphatic rings. The van der Waals surface area contributed by atoms with Crippen LogP contribution in [0.5, 0.6) is 11.5 Å². The number of aryl methyl sites for hydroxylation is 1. The average Bonchev–Trinajstić information content (AvgIpc) is 3.56. The normalized spacial score (nSPS) is 24.4. The fourth-order valence-electron chi connectivity index (χ4n) is 5.67. The van der Waals surface area contributed by atoms with Crippen molar-refractivity contribution < 1.29 is 27.8 Å². The molecule has 0 spiro atoms. The first-order chi connectivity index (χ1) is 18.8. The van der Waals surface area contributed by atoms with Crippen LogP contribution >= 0.6 is 0 Å². The molecule has 2 aromatic rings. The van der Waals surface area contributed by atoms with Crippen LogP contribution in [0.25, 0.3) is 0 Å². The number of carbonyl (C=O) groups is 1. The van der Waals surface area contributed by atoms with Crippen molar-refractivity contribution in [2.75, 3.05) is 18.0 Å². The van der Waals surface area contributed by atoms with E-state index in [2.05, 4.69) is 30.5 Å². The molecular weight excluding hydrogens is 530 g/mol. The molecule has 0 radical (unpaired) electrons. The van der Waals surface area contributed by atoms with Gasteiger partial charge in [-0.25, -0.2) is 9.71 Å². The fraction of sp³-hybridized carbons (Fsp3) is 0.600. The number of nitrogens with one attached hydrogen (secondary N) is 1. The molecule has 1 atom stereocenters. The summed E-state index contributed by atoms with van der Waals surface area (Å²) >= 11 is 0. The van der Waals surface area contributed by atoms with Gasteiger partial charge in [0.15, 0.2) is 22.1 Å². The van der Waals surface area contributed by atoms with Crippen molar-refractivity contribution in [1.82, 2.24) is 9.71 Å². The smallest absolute Gasteiger partial charge is 0.281 e. The molecule has 40 heavy (non-hydrogen) atoms. The van der Waals surface area contributed by atoms with Crippen LogP contribution in [0.4, 0.5) is 5.82 Å². The zero-order chi connectivity index (χ0) is 28.7. The van der Waals surface area contributed by atoms with Gasteiger partial charge in [0.2, 0.25) is 0 Å². The quantitative estimate of drug-likeness (QED) is 0.480. The molecule has 9 nitrogen and oxygen atoms in total. The number of β-amino-alcohol motifs (C(OH)–C–C–N with tert-alkyl or cyclic N) is 1. The summed E-state index contributed by atoms with van der Waals surface area (Å²) in [6, 6.07) is 10.3. The number of ether oxygens (including phenoxy) is 2. The van der Waals surface area contributed by atoms with Crippen molar-refractivity contribution in [3.8, 4) is 11.5 Å². The van der Waals surface area contributed by atoms with Crippen molar-refractivity contribution in [3.05, 3.63) is 42.0 Å². The van der Waals surface area contributed by atoms with E-state index < -0.39 is 27.6 Å². The summed E-state index contributed by atoms with van der Waals surface area (Å²) in [5, 5.41) is 9.58. The van der Waals surface area contributed by atoms with Gasteiger partial charge < -0.3 is 19.5 Å². The molecule has 218 valence electrons. The number of aliphatic hydroxyl groups excluding tert-OH is 1. The van der Waals surface area contributed by atoms with E-state index in [4.69, 9.17) is 9.47 Å². The third-order valence-electron chi connectivity index (χ3n) is 8.41. The van der Waals surface area contributed by atoms with Gasteiger partial charge in [-0.15, -0.1) is 0 Å². The molecule has 1 amide bonds. The van der Waals surface area contributed by atoms with Crippen LogP contribution in [0.15, 0.2) is 41.4 Å². The molecule has 2 saturated carbocycles. The van der Waals surface area contributed by atoms with Crippen molar-refractivity contribution in [1.29, 1.82) is 0 Å². The topological polar surface area (TPSA) is 118 Å². The van der Waals surface area contributed by atoms with E-state index in [1.807, 2.05) is 30.0 Å². The molecular formula is C30H41N3O6S. The summed E-state index contributed by atoms with van der Waals surface area (Å²) in [7, 11) is -4.23. The number of benzene rings is 1. The maximum absolute atomic E-state index is 13.3. The number of rotatable bonds is 8. The van der Waals surface area contributed by atoms with Crippen LogP contribution in [0.2, 0.25) is 0 Å². The number of hydrogen-bond acceptors (Lipinski definition) is 8. The van der Waals surface area contributed by atoms with Gasteiger partial charge in [0.25, 0.3) is 15.9 Å². The van der Waals surface area contributed by atoms with Gasteiger partial charge in [0.05, 0.1) is 12.2 Å². The highest BCUT2D eigenvalue weighted by Gasteiger charge is 2.54. The highest BCUT2D eigenvalue weighted by atomic mass is 32.2. The first-order valence-electron chi connectivity index (χ1n) is 14.3. The van der Waals surface area contributed by atoms with Crippen molar-refractivity contribution in [2.24, 2.45) is 11.3 Å². The van der Waals surface area contributed by atoms with Crippen LogP contribution < -0.4 is 19.1 Å². The monoisotopic (exact) mass is 571 g/mol. The Kier molecular flexibility index (Phi) is 7.78. The minimum absolute atomic E-state index is 0.0723. The number of anilines is 1. The van der Waals surface area contributed by atoms with Crippen LogP contribution in [0.3, 0.4) is 0 Å². The summed E-state index contributed by atoms with van der Waals surface area (Å²) in [5.74, 6) is 1.43. The maximum atomic E-state index is 13.3. The minimum Gasteiger partial charge on any atom is -0.487 e. The highest BCUT2D eigenvalue weighted by Crippen LogP contribution is 2.45.